The smallest absolute Gasteiger partial charge is 0.413 e. The summed E-state index contributed by atoms with van der Waals surface area (Å²) in [5.41, 5.74) is 0.646. The number of nitrogens with one attached hydrogen (secondary N) is 1. The molecular formula is C40H49N5O14. The van der Waals surface area contributed by atoms with Crippen LogP contribution in [-0.4, -0.2) is 139 Å². The molecule has 1 saturated carbocycles. The fourth-order valence-electron chi connectivity index (χ4n) is 7.92. The number of fused-ring (bicyclic) bond motifs is 3. The molecule has 3 amide bonds. The molecule has 0 aliphatic heterocycles. The number of nitrogens with two attached hydrogens (primary N) is 1. The van der Waals surface area contributed by atoms with Gasteiger partial charge in [0.25, 0.3) is 5.91 Å². The summed E-state index contributed by atoms with van der Waals surface area (Å²) in [7, 11) is 9.17. The third kappa shape index (κ3) is 7.82. The van der Waals surface area contributed by atoms with Gasteiger partial charge in [-0.25, -0.2) is 9.59 Å². The first-order valence-corrected chi connectivity index (χ1v) is 18.3. The number of Topliss-reactive ketones (excluding diaryl/α,β-unsaturated/α-hetero) is 2. The second-order valence-corrected chi connectivity index (χ2v) is 15.9. The Morgan fingerprint density at radius 3 is 2.08 bits per heavy atom. The SMILES string of the molecule is COc1cc(OC)cc(C(=O)OCOC(=O)N(CC(=O)Nc2cc(N(C)C)c3c(c2O)C(O)=C2C(=O)[C@]4(O)C(O)=C(C(N)=O)C(=O)[C@@H](N(C)C)[C@@H]4C[C@@H]2C3)C(C)(C)C)c1. The minimum absolute atomic E-state index is 0.0173. The van der Waals surface area contributed by atoms with Crippen molar-refractivity contribution in [3.8, 4) is 17.2 Å². The molecule has 19 nitrogen and oxygen atoms in total. The van der Waals surface area contributed by atoms with E-state index in [1.54, 1.807) is 45.8 Å². The highest BCUT2D eigenvalue weighted by molar-refractivity contribution is 6.24. The molecule has 0 unspecified atom stereocenters. The lowest BCUT2D eigenvalue weighted by Gasteiger charge is -2.50. The Morgan fingerprint density at radius 1 is 0.949 bits per heavy atom. The first kappa shape index (κ1) is 43.8. The number of nitrogens with zero attached hydrogens (tertiary/aromatic N) is 3. The van der Waals surface area contributed by atoms with Gasteiger partial charge >= 0.3 is 12.1 Å². The number of phenols is 1. The highest BCUT2D eigenvalue weighted by Crippen LogP contribution is 2.54. The number of likely N-dealkylation sites (N-methyl/N-ethyl adjacent to an activating group) is 1. The number of esters is 1. The van der Waals surface area contributed by atoms with Crippen molar-refractivity contribution in [2.45, 2.75) is 50.8 Å². The van der Waals surface area contributed by atoms with E-state index in [0.29, 0.717) is 22.7 Å². The summed E-state index contributed by atoms with van der Waals surface area (Å²) in [5.74, 6) is -9.12. The molecule has 59 heavy (non-hydrogen) atoms. The van der Waals surface area contributed by atoms with Crippen molar-refractivity contribution >= 4 is 52.6 Å². The van der Waals surface area contributed by atoms with Gasteiger partial charge in [-0.3, -0.25) is 29.0 Å². The number of amides is 3. The minimum Gasteiger partial charge on any atom is -0.508 e. The van der Waals surface area contributed by atoms with Gasteiger partial charge in [0.15, 0.2) is 11.4 Å². The maximum Gasteiger partial charge on any atom is 0.413 e. The Labute approximate surface area is 339 Å². The first-order chi connectivity index (χ1) is 27.5. The number of benzene rings is 2. The van der Waals surface area contributed by atoms with E-state index >= 15 is 0 Å². The molecule has 318 valence electrons. The Morgan fingerprint density at radius 2 is 1.56 bits per heavy atom. The number of aliphatic hydroxyl groups excluding tert-OH is 2. The lowest BCUT2D eigenvalue weighted by atomic mass is 9.57. The van der Waals surface area contributed by atoms with Gasteiger partial charge in [0, 0.05) is 42.9 Å². The van der Waals surface area contributed by atoms with Gasteiger partial charge in [0.2, 0.25) is 18.5 Å². The van der Waals surface area contributed by atoms with Crippen molar-refractivity contribution in [3.05, 3.63) is 57.9 Å². The summed E-state index contributed by atoms with van der Waals surface area (Å²) < 4.78 is 20.6. The summed E-state index contributed by atoms with van der Waals surface area (Å²) in [6.07, 6.45) is -1.11. The van der Waals surface area contributed by atoms with Crippen LogP contribution in [0.4, 0.5) is 16.2 Å². The molecule has 0 spiro atoms. The number of ether oxygens (including phenoxy) is 4. The highest BCUT2D eigenvalue weighted by atomic mass is 16.7. The van der Waals surface area contributed by atoms with Crippen LogP contribution in [0, 0.1) is 11.8 Å². The Hall–Kier alpha value is -6.34. The van der Waals surface area contributed by atoms with Crippen LogP contribution in [0.2, 0.25) is 0 Å². The monoisotopic (exact) mass is 823 g/mol. The number of rotatable bonds is 11. The molecule has 3 aliphatic carbocycles. The van der Waals surface area contributed by atoms with Gasteiger partial charge in [-0.2, -0.15) is 0 Å². The number of methoxy groups -OCH3 is 2. The summed E-state index contributed by atoms with van der Waals surface area (Å²) in [6, 6.07) is 4.56. The summed E-state index contributed by atoms with van der Waals surface area (Å²) in [6.45, 7) is 3.44. The van der Waals surface area contributed by atoms with Crippen LogP contribution in [0.1, 0.15) is 48.7 Å². The van der Waals surface area contributed by atoms with Crippen LogP contribution < -0.4 is 25.4 Å². The van der Waals surface area contributed by atoms with Crippen LogP contribution in [0.3, 0.4) is 0 Å². The molecule has 4 atom stereocenters. The molecule has 3 aliphatic rings. The molecule has 0 bridgehead atoms. The second kappa shape index (κ2) is 16.1. The van der Waals surface area contributed by atoms with E-state index in [2.05, 4.69) is 5.32 Å². The van der Waals surface area contributed by atoms with Crippen LogP contribution in [-0.2, 0) is 35.1 Å². The van der Waals surface area contributed by atoms with E-state index < -0.39 is 101 Å². The lowest BCUT2D eigenvalue weighted by Crippen LogP contribution is -2.65. The largest absolute Gasteiger partial charge is 0.508 e. The lowest BCUT2D eigenvalue weighted by molar-refractivity contribution is -0.153. The maximum atomic E-state index is 14.3. The van der Waals surface area contributed by atoms with Crippen LogP contribution in [0.5, 0.6) is 17.2 Å². The molecule has 7 N–H and O–H groups in total. The Bertz CT molecular complexity index is 2170. The molecule has 5 rings (SSSR count). The quantitative estimate of drug-likeness (QED) is 0.0819. The average molecular weight is 824 g/mol. The van der Waals surface area contributed by atoms with Crippen molar-refractivity contribution in [2.75, 3.05) is 66.0 Å². The number of phenolic OH excluding ortho intramolecular Hbond substituents is 1. The number of anilines is 2. The Balaban J connectivity index is 1.43. The van der Waals surface area contributed by atoms with Crippen molar-refractivity contribution < 1.29 is 68.1 Å². The van der Waals surface area contributed by atoms with Gasteiger partial charge in [-0.05, 0) is 77.4 Å². The number of aliphatic hydroxyl groups is 3. The van der Waals surface area contributed by atoms with Gasteiger partial charge in [-0.1, -0.05) is 0 Å². The molecule has 0 radical (unpaired) electrons. The third-order valence-corrected chi connectivity index (χ3v) is 10.7. The molecule has 2 aromatic rings. The third-order valence-electron chi connectivity index (χ3n) is 10.7. The molecule has 0 saturated heterocycles. The second-order valence-electron chi connectivity index (χ2n) is 15.9. The van der Waals surface area contributed by atoms with Crippen molar-refractivity contribution in [3.63, 3.8) is 0 Å². The van der Waals surface area contributed by atoms with E-state index in [0.717, 1.165) is 4.90 Å². The van der Waals surface area contributed by atoms with Gasteiger partial charge < -0.3 is 55.3 Å². The number of hydrogen-bond acceptors (Lipinski definition) is 16. The molecule has 0 heterocycles. The number of carbonyl (C=O) groups is 6. The first-order valence-electron chi connectivity index (χ1n) is 18.3. The van der Waals surface area contributed by atoms with E-state index in [-0.39, 0.29) is 35.2 Å². The van der Waals surface area contributed by atoms with Crippen LogP contribution >= 0.6 is 0 Å². The minimum atomic E-state index is -2.83. The summed E-state index contributed by atoms with van der Waals surface area (Å²) in [5, 5.41) is 49.1. The van der Waals surface area contributed by atoms with E-state index in [9.17, 15) is 49.2 Å². The number of hydrogen-bond donors (Lipinski definition) is 6. The number of primary amides is 1. The molecular weight excluding hydrogens is 774 g/mol. The standard InChI is InChI=1S/C40H49N5O14/c1-39(2,3)45(38(54)59-17-58-37(53)19-10-20(56-8)14-21(11-19)57-9)16-26(46)42-24-15-25(43(4)5)22-12-18-13-23-30(44(6)7)33(49)29(36(41)52)35(51)40(23,55)34(50)27(18)32(48)28(22)31(24)47/h10-11,14-15,18,23,30,47-48,51,55H,12-13,16-17H2,1-9H3,(H2,41,52)(H,42,46)/t18-,23-,30-,40-/m0/s1. The molecule has 2 aromatic carbocycles. The fourth-order valence-corrected chi connectivity index (χ4v) is 7.92. The molecule has 0 aromatic heterocycles. The average Bonchev–Trinajstić information content (AvgIpc) is 3.15. The topological polar surface area (TPSA) is 268 Å². The van der Waals surface area contributed by atoms with Crippen molar-refractivity contribution in [1.29, 1.82) is 0 Å². The molecule has 1 fully saturated rings. The number of ketones is 2. The predicted molar refractivity (Wildman–Crippen MR) is 210 cm³/mol. The van der Waals surface area contributed by atoms with Crippen molar-refractivity contribution in [1.82, 2.24) is 9.80 Å². The normalized spacial score (nSPS) is 21.2. The van der Waals surface area contributed by atoms with Crippen LogP contribution in [0.15, 0.2) is 41.2 Å². The zero-order valence-corrected chi connectivity index (χ0v) is 34.2. The fraction of sp³-hybridized carbons (Fsp3) is 0.450. The predicted octanol–water partition coefficient (Wildman–Crippen LogP) is 2.04. The van der Waals surface area contributed by atoms with E-state index in [4.69, 9.17) is 24.7 Å². The number of aromatic hydroxyl groups is 1. The summed E-state index contributed by atoms with van der Waals surface area (Å²) in [4.78, 5) is 83.7. The van der Waals surface area contributed by atoms with E-state index in [1.807, 2.05) is 0 Å². The zero-order valence-electron chi connectivity index (χ0n) is 34.2. The van der Waals surface area contributed by atoms with Crippen molar-refractivity contribution in [2.24, 2.45) is 17.6 Å². The number of carbonyl (C=O) groups excluding carboxylic acids is 6. The zero-order chi connectivity index (χ0) is 44.0. The Kier molecular flexibility index (Phi) is 12.0. The van der Waals surface area contributed by atoms with E-state index in [1.165, 1.54) is 51.4 Å². The van der Waals surface area contributed by atoms with Gasteiger partial charge in [0.1, 0.15) is 40.9 Å². The van der Waals surface area contributed by atoms with Crippen LogP contribution in [0.25, 0.3) is 5.76 Å². The highest BCUT2D eigenvalue weighted by Gasteiger charge is 2.64. The maximum absolute atomic E-state index is 14.3. The molecule has 19 heteroatoms. The van der Waals surface area contributed by atoms with Gasteiger partial charge in [0.05, 0.1) is 37.1 Å². The summed E-state index contributed by atoms with van der Waals surface area (Å²) >= 11 is 0. The van der Waals surface area contributed by atoms with Gasteiger partial charge in [-0.15, -0.1) is 0 Å².